The number of allylic oxidation sites excluding steroid dienone is 2. The molecule has 2 aliphatic heterocycles. The molecule has 2 aromatic rings. The highest BCUT2D eigenvalue weighted by Gasteiger charge is 2.66. The van der Waals surface area contributed by atoms with Crippen molar-refractivity contribution in [3.63, 3.8) is 0 Å². The van der Waals surface area contributed by atoms with Crippen molar-refractivity contribution in [1.29, 1.82) is 0 Å². The fraction of sp³-hybridized carbons (Fsp3) is 0.412. The maximum absolute atomic E-state index is 13.0. The number of hydrogen-bond donors (Lipinski definition) is 0. The van der Waals surface area contributed by atoms with E-state index in [-0.39, 0.29) is 28.9 Å². The molecule has 0 saturated heterocycles. The summed E-state index contributed by atoms with van der Waals surface area (Å²) in [6.07, 6.45) is 3.27. The summed E-state index contributed by atoms with van der Waals surface area (Å²) in [5.74, 6) is 0.491. The normalized spacial score (nSPS) is 34.1. The first-order valence-corrected chi connectivity index (χ1v) is 7.74. The van der Waals surface area contributed by atoms with Gasteiger partial charge in [0.05, 0.1) is 17.8 Å². The van der Waals surface area contributed by atoms with Crippen LogP contribution in [0, 0.1) is 11.3 Å². The smallest absolute Gasteiger partial charge is 0.245 e. The molecule has 4 atom stereocenters. The molecule has 3 heterocycles. The van der Waals surface area contributed by atoms with Gasteiger partial charge in [0, 0.05) is 0 Å². The third kappa shape index (κ3) is 1.18. The van der Waals surface area contributed by atoms with Crippen LogP contribution in [0.1, 0.15) is 32.4 Å². The van der Waals surface area contributed by atoms with Crippen LogP contribution < -0.4 is 11.4 Å². The number of para-hydroxylation sites is 1. The van der Waals surface area contributed by atoms with Crippen molar-refractivity contribution in [3.05, 3.63) is 62.9 Å². The minimum absolute atomic E-state index is 0.0210. The van der Waals surface area contributed by atoms with Gasteiger partial charge >= 0.3 is 11.4 Å². The topological polar surface area (TPSA) is 48.9 Å². The predicted molar refractivity (Wildman–Crippen MR) is 82.3 cm³/mol. The molecule has 5 nitrogen and oxygen atoms in total. The van der Waals surface area contributed by atoms with Crippen LogP contribution in [0.15, 0.2) is 51.6 Å². The molecule has 0 unspecified atom stereocenters. The van der Waals surface area contributed by atoms with Crippen molar-refractivity contribution in [2.24, 2.45) is 11.3 Å². The van der Waals surface area contributed by atoms with Gasteiger partial charge in [-0.3, -0.25) is 0 Å². The zero-order valence-corrected chi connectivity index (χ0v) is 12.6. The summed E-state index contributed by atoms with van der Waals surface area (Å²) in [4.78, 5) is 25.8. The van der Waals surface area contributed by atoms with Gasteiger partial charge in [-0.25, -0.2) is 23.5 Å². The number of rotatable bonds is 1. The average Bonchev–Trinajstić information content (AvgIpc) is 3.15. The lowest BCUT2D eigenvalue weighted by molar-refractivity contribution is 0.168. The molecular weight excluding hydrogens is 278 g/mol. The maximum Gasteiger partial charge on any atom is 0.352 e. The van der Waals surface area contributed by atoms with Crippen molar-refractivity contribution < 1.29 is 0 Å². The summed E-state index contributed by atoms with van der Waals surface area (Å²) >= 11 is 0. The van der Waals surface area contributed by atoms with Crippen molar-refractivity contribution in [1.82, 2.24) is 13.9 Å². The van der Waals surface area contributed by atoms with E-state index in [2.05, 4.69) is 19.9 Å². The monoisotopic (exact) mass is 295 g/mol. The van der Waals surface area contributed by atoms with E-state index in [0.717, 1.165) is 6.42 Å². The molecule has 0 amide bonds. The zero-order chi connectivity index (χ0) is 15.2. The Morgan fingerprint density at radius 2 is 1.77 bits per heavy atom. The molecule has 4 aliphatic rings. The summed E-state index contributed by atoms with van der Waals surface area (Å²) in [6, 6.07) is 9.24. The SMILES string of the molecule is CC1=C[C@@H]2[C@H]3C[C@]3(C)[C@@H]1n1c(=O)n(-c3ccccc3)c(=O)n12. The van der Waals surface area contributed by atoms with E-state index >= 15 is 0 Å². The Labute approximate surface area is 127 Å². The summed E-state index contributed by atoms with van der Waals surface area (Å²) in [6.45, 7) is 4.32. The molecule has 5 heteroatoms. The van der Waals surface area contributed by atoms with E-state index < -0.39 is 0 Å². The molecule has 1 fully saturated rings. The Kier molecular flexibility index (Phi) is 1.97. The number of hydrogen-bond acceptors (Lipinski definition) is 2. The van der Waals surface area contributed by atoms with Crippen molar-refractivity contribution >= 4 is 0 Å². The molecular formula is C17H17N3O2. The van der Waals surface area contributed by atoms with Crippen molar-refractivity contribution in [2.75, 3.05) is 0 Å². The van der Waals surface area contributed by atoms with Crippen LogP contribution in [0.2, 0.25) is 0 Å². The fourth-order valence-electron chi connectivity index (χ4n) is 4.73. The van der Waals surface area contributed by atoms with Crippen LogP contribution in [0.5, 0.6) is 0 Å². The molecule has 2 bridgehead atoms. The molecule has 2 aliphatic carbocycles. The van der Waals surface area contributed by atoms with Crippen LogP contribution in [-0.4, -0.2) is 13.9 Å². The van der Waals surface area contributed by atoms with Crippen LogP contribution >= 0.6 is 0 Å². The van der Waals surface area contributed by atoms with Gasteiger partial charge in [0.15, 0.2) is 0 Å². The first kappa shape index (κ1) is 12.3. The first-order valence-electron chi connectivity index (χ1n) is 7.74. The number of benzene rings is 1. The van der Waals surface area contributed by atoms with Gasteiger partial charge in [-0.2, -0.15) is 0 Å². The number of nitrogens with zero attached hydrogens (tertiary/aromatic N) is 3. The van der Waals surface area contributed by atoms with Gasteiger partial charge in [0.2, 0.25) is 0 Å². The average molecular weight is 295 g/mol. The van der Waals surface area contributed by atoms with E-state index in [1.165, 1.54) is 10.1 Å². The highest BCUT2D eigenvalue weighted by Crippen LogP contribution is 2.70. The lowest BCUT2D eigenvalue weighted by Gasteiger charge is -2.40. The molecule has 0 spiro atoms. The lowest BCUT2D eigenvalue weighted by Crippen LogP contribution is -2.45. The Morgan fingerprint density at radius 3 is 2.50 bits per heavy atom. The van der Waals surface area contributed by atoms with Crippen molar-refractivity contribution in [3.8, 4) is 5.69 Å². The quantitative estimate of drug-likeness (QED) is 0.754. The summed E-state index contributed by atoms with van der Waals surface area (Å²) in [5, 5.41) is 0. The highest BCUT2D eigenvalue weighted by molar-refractivity contribution is 5.34. The van der Waals surface area contributed by atoms with Gasteiger partial charge in [-0.1, -0.05) is 36.8 Å². The van der Waals surface area contributed by atoms with E-state index in [1.807, 2.05) is 18.2 Å². The second-order valence-corrected chi connectivity index (χ2v) is 7.05. The summed E-state index contributed by atoms with van der Waals surface area (Å²) in [5.41, 5.74) is 1.56. The van der Waals surface area contributed by atoms with Crippen molar-refractivity contribution in [2.45, 2.75) is 32.4 Å². The molecule has 1 aromatic heterocycles. The summed E-state index contributed by atoms with van der Waals surface area (Å²) < 4.78 is 4.70. The van der Waals surface area contributed by atoms with Crippen LogP contribution in [0.4, 0.5) is 0 Å². The van der Waals surface area contributed by atoms with E-state index in [4.69, 9.17) is 0 Å². The fourth-order valence-corrected chi connectivity index (χ4v) is 4.73. The Balaban J connectivity index is 1.84. The molecule has 0 radical (unpaired) electrons. The van der Waals surface area contributed by atoms with E-state index in [0.29, 0.717) is 11.6 Å². The standard InChI is InChI=1S/C17H17N3O2/c1-10-8-13-12-9-17(12,2)14(10)20-16(22)18(15(21)19(13)20)11-6-4-3-5-7-11/h3-8,12-14H,9H2,1-2H3/t12-,13-,14-,17+/m1/s1. The van der Waals surface area contributed by atoms with E-state index in [9.17, 15) is 9.59 Å². The molecule has 22 heavy (non-hydrogen) atoms. The second kappa shape index (κ2) is 3.54. The van der Waals surface area contributed by atoms with Crippen LogP contribution in [0.25, 0.3) is 5.69 Å². The Hall–Kier alpha value is -2.30. The Morgan fingerprint density at radius 1 is 1.09 bits per heavy atom. The van der Waals surface area contributed by atoms with Gasteiger partial charge < -0.3 is 0 Å². The summed E-state index contributed by atoms with van der Waals surface area (Å²) in [7, 11) is 0. The maximum atomic E-state index is 13.0. The predicted octanol–water partition coefficient (Wildman–Crippen LogP) is 1.88. The third-order valence-electron chi connectivity index (χ3n) is 5.80. The minimum Gasteiger partial charge on any atom is -0.245 e. The molecule has 1 saturated carbocycles. The van der Waals surface area contributed by atoms with Gasteiger partial charge in [0.25, 0.3) is 0 Å². The molecule has 6 rings (SSSR count). The lowest BCUT2D eigenvalue weighted by atomic mass is 9.81. The van der Waals surface area contributed by atoms with Crippen LogP contribution in [0.3, 0.4) is 0 Å². The second-order valence-electron chi connectivity index (χ2n) is 7.05. The van der Waals surface area contributed by atoms with Gasteiger partial charge in [-0.05, 0) is 36.8 Å². The van der Waals surface area contributed by atoms with Gasteiger partial charge in [0.1, 0.15) is 0 Å². The Bertz CT molecular complexity index is 947. The highest BCUT2D eigenvalue weighted by atomic mass is 16.2. The van der Waals surface area contributed by atoms with E-state index in [1.54, 1.807) is 21.5 Å². The van der Waals surface area contributed by atoms with Gasteiger partial charge in [-0.15, -0.1) is 0 Å². The van der Waals surface area contributed by atoms with Crippen LogP contribution in [-0.2, 0) is 0 Å². The molecule has 1 aromatic carbocycles. The minimum atomic E-state index is -0.219. The largest absolute Gasteiger partial charge is 0.352 e. The molecule has 112 valence electrons. The zero-order valence-electron chi connectivity index (χ0n) is 12.6. The first-order chi connectivity index (χ1) is 10.5. The third-order valence-corrected chi connectivity index (χ3v) is 5.80. The number of aromatic nitrogens is 3. The molecule has 0 N–H and O–H groups in total.